The van der Waals surface area contributed by atoms with Gasteiger partial charge in [0.15, 0.2) is 6.29 Å². The summed E-state index contributed by atoms with van der Waals surface area (Å²) < 4.78 is 11.4. The van der Waals surface area contributed by atoms with Crippen molar-refractivity contribution in [1.82, 2.24) is 0 Å². The van der Waals surface area contributed by atoms with Crippen molar-refractivity contribution >= 4 is 22.6 Å². The maximum Gasteiger partial charge on any atom is 0.169 e. The Kier molecular flexibility index (Phi) is 4.09. The summed E-state index contributed by atoms with van der Waals surface area (Å²) in [5.74, 6) is 0.624. The van der Waals surface area contributed by atoms with Crippen LogP contribution in [0, 0.1) is 5.92 Å². The molecule has 1 fully saturated rings. The van der Waals surface area contributed by atoms with Crippen LogP contribution in [0.3, 0.4) is 0 Å². The largest absolute Gasteiger partial charge is 0.351 e. The Morgan fingerprint density at radius 3 is 2.27 bits per heavy atom. The van der Waals surface area contributed by atoms with Crippen LogP contribution >= 0.6 is 22.6 Å². The first-order valence-corrected chi connectivity index (χ1v) is 5.33. The molecule has 0 aliphatic carbocycles. The molecule has 0 spiro atoms. The first kappa shape index (κ1) is 9.74. The van der Waals surface area contributed by atoms with Gasteiger partial charge in [-0.1, -0.05) is 36.4 Å². The van der Waals surface area contributed by atoms with Gasteiger partial charge in [-0.05, 0) is 12.3 Å². The second-order valence-electron chi connectivity index (χ2n) is 3.15. The van der Waals surface area contributed by atoms with Gasteiger partial charge in [0, 0.05) is 0 Å². The molecule has 1 aliphatic heterocycles. The maximum absolute atomic E-state index is 5.47. The van der Waals surface area contributed by atoms with Crippen LogP contribution < -0.4 is 0 Å². The van der Waals surface area contributed by atoms with E-state index in [4.69, 9.17) is 9.47 Å². The summed E-state index contributed by atoms with van der Waals surface area (Å²) >= 11 is 2.40. The van der Waals surface area contributed by atoms with Crippen LogP contribution in [0.15, 0.2) is 0 Å². The van der Waals surface area contributed by atoms with Crippen LogP contribution in [0.4, 0.5) is 0 Å². The molecular formula is C8H15IO2. The molecule has 1 aliphatic rings. The lowest BCUT2D eigenvalue weighted by atomic mass is 10.1. The fourth-order valence-electron chi connectivity index (χ4n) is 1.00. The molecule has 66 valence electrons. The third kappa shape index (κ3) is 2.87. The van der Waals surface area contributed by atoms with Gasteiger partial charge in [-0.25, -0.2) is 0 Å². The highest BCUT2D eigenvalue weighted by molar-refractivity contribution is 14.1. The summed E-state index contributed by atoms with van der Waals surface area (Å²) in [5, 5.41) is 0. The standard InChI is InChI=1S/C8H15IO2/c1-6(2)7(9)8-10-4-3-5-11-8/h6-8H,3-5H2,1-2H3. The monoisotopic (exact) mass is 270 g/mol. The predicted octanol–water partition coefficient (Wildman–Crippen LogP) is 2.21. The highest BCUT2D eigenvalue weighted by Gasteiger charge is 2.25. The van der Waals surface area contributed by atoms with Crippen LogP contribution in [0.1, 0.15) is 20.3 Å². The molecule has 0 aromatic heterocycles. The number of hydrogen-bond acceptors (Lipinski definition) is 2. The lowest BCUT2D eigenvalue weighted by molar-refractivity contribution is -0.179. The van der Waals surface area contributed by atoms with E-state index in [1.807, 2.05) is 0 Å². The van der Waals surface area contributed by atoms with Crippen LogP contribution in [-0.4, -0.2) is 23.4 Å². The molecule has 0 N–H and O–H groups in total. The molecule has 0 radical (unpaired) electrons. The second-order valence-corrected chi connectivity index (χ2v) is 4.59. The fourth-order valence-corrected chi connectivity index (χ4v) is 1.42. The molecule has 1 rings (SSSR count). The number of ether oxygens (including phenoxy) is 2. The lowest BCUT2D eigenvalue weighted by Crippen LogP contribution is -2.35. The van der Waals surface area contributed by atoms with Gasteiger partial charge in [-0.3, -0.25) is 0 Å². The Balaban J connectivity index is 2.32. The molecule has 1 atom stereocenters. The van der Waals surface area contributed by atoms with Crippen molar-refractivity contribution in [2.45, 2.75) is 30.5 Å². The number of rotatable bonds is 2. The summed E-state index contributed by atoms with van der Waals surface area (Å²) in [7, 11) is 0. The average molecular weight is 270 g/mol. The molecule has 3 heteroatoms. The highest BCUT2D eigenvalue weighted by Crippen LogP contribution is 2.22. The predicted molar refractivity (Wildman–Crippen MR) is 53.0 cm³/mol. The summed E-state index contributed by atoms with van der Waals surface area (Å²) in [5.41, 5.74) is 0. The van der Waals surface area contributed by atoms with Gasteiger partial charge in [0.1, 0.15) is 0 Å². The van der Waals surface area contributed by atoms with Crippen molar-refractivity contribution in [2.24, 2.45) is 5.92 Å². The van der Waals surface area contributed by atoms with E-state index in [2.05, 4.69) is 36.4 Å². The minimum absolute atomic E-state index is 0.0318. The highest BCUT2D eigenvalue weighted by atomic mass is 127. The average Bonchev–Trinajstić information content (AvgIpc) is 2.05. The van der Waals surface area contributed by atoms with E-state index in [0.717, 1.165) is 19.6 Å². The van der Waals surface area contributed by atoms with Crippen molar-refractivity contribution in [2.75, 3.05) is 13.2 Å². The van der Waals surface area contributed by atoms with Crippen LogP contribution in [0.2, 0.25) is 0 Å². The van der Waals surface area contributed by atoms with Crippen molar-refractivity contribution in [3.63, 3.8) is 0 Å². The van der Waals surface area contributed by atoms with E-state index in [1.54, 1.807) is 0 Å². The minimum atomic E-state index is 0.0318. The Morgan fingerprint density at radius 1 is 1.27 bits per heavy atom. The summed E-state index contributed by atoms with van der Waals surface area (Å²) in [6.45, 7) is 6.10. The van der Waals surface area contributed by atoms with Crippen LogP contribution in [0.25, 0.3) is 0 Å². The zero-order valence-corrected chi connectivity index (χ0v) is 9.21. The molecule has 0 aromatic carbocycles. The van der Waals surface area contributed by atoms with Gasteiger partial charge < -0.3 is 9.47 Å². The molecule has 0 aromatic rings. The Bertz CT molecular complexity index is 111. The quantitative estimate of drug-likeness (QED) is 0.565. The van der Waals surface area contributed by atoms with E-state index in [1.165, 1.54) is 0 Å². The van der Waals surface area contributed by atoms with Gasteiger partial charge in [0.2, 0.25) is 0 Å². The third-order valence-corrected chi connectivity index (χ3v) is 3.78. The minimum Gasteiger partial charge on any atom is -0.351 e. The second kappa shape index (κ2) is 4.62. The van der Waals surface area contributed by atoms with Crippen molar-refractivity contribution in [3.8, 4) is 0 Å². The van der Waals surface area contributed by atoms with E-state index in [-0.39, 0.29) is 6.29 Å². The number of hydrogen-bond donors (Lipinski definition) is 0. The van der Waals surface area contributed by atoms with Crippen molar-refractivity contribution < 1.29 is 9.47 Å². The molecule has 11 heavy (non-hydrogen) atoms. The zero-order chi connectivity index (χ0) is 8.27. The topological polar surface area (TPSA) is 18.5 Å². The molecule has 2 nitrogen and oxygen atoms in total. The van der Waals surface area contributed by atoms with E-state index in [0.29, 0.717) is 9.84 Å². The molecule has 0 saturated carbocycles. The molecule has 1 heterocycles. The van der Waals surface area contributed by atoms with Gasteiger partial charge in [-0.15, -0.1) is 0 Å². The smallest absolute Gasteiger partial charge is 0.169 e. The Hall–Kier alpha value is 0.650. The third-order valence-electron chi connectivity index (χ3n) is 1.75. The summed E-state index contributed by atoms with van der Waals surface area (Å²) in [4.78, 5) is 0. The van der Waals surface area contributed by atoms with E-state index < -0.39 is 0 Å². The molecule has 0 amide bonds. The van der Waals surface area contributed by atoms with Gasteiger partial charge in [-0.2, -0.15) is 0 Å². The number of alkyl halides is 1. The Labute approximate surface area is 81.8 Å². The first-order chi connectivity index (χ1) is 5.22. The SMILES string of the molecule is CC(C)C(I)C1OCCCO1. The van der Waals surface area contributed by atoms with Gasteiger partial charge in [0.25, 0.3) is 0 Å². The maximum atomic E-state index is 5.47. The van der Waals surface area contributed by atoms with Crippen LogP contribution in [0.5, 0.6) is 0 Å². The van der Waals surface area contributed by atoms with Gasteiger partial charge in [0.05, 0.1) is 17.1 Å². The summed E-state index contributed by atoms with van der Waals surface area (Å²) in [6.07, 6.45) is 1.07. The number of halogens is 1. The molecule has 1 unspecified atom stereocenters. The lowest BCUT2D eigenvalue weighted by Gasteiger charge is -2.29. The van der Waals surface area contributed by atoms with Gasteiger partial charge >= 0.3 is 0 Å². The fraction of sp³-hybridized carbons (Fsp3) is 1.00. The summed E-state index contributed by atoms with van der Waals surface area (Å²) in [6, 6.07) is 0. The van der Waals surface area contributed by atoms with E-state index >= 15 is 0 Å². The Morgan fingerprint density at radius 2 is 1.82 bits per heavy atom. The molecule has 1 saturated heterocycles. The van der Waals surface area contributed by atoms with Crippen molar-refractivity contribution in [3.05, 3.63) is 0 Å². The normalized spacial score (nSPS) is 24.0. The van der Waals surface area contributed by atoms with Crippen molar-refractivity contribution in [1.29, 1.82) is 0 Å². The zero-order valence-electron chi connectivity index (χ0n) is 7.05. The first-order valence-electron chi connectivity index (χ1n) is 4.09. The molecule has 0 bridgehead atoms. The van der Waals surface area contributed by atoms with Crippen LogP contribution in [-0.2, 0) is 9.47 Å². The van der Waals surface area contributed by atoms with E-state index in [9.17, 15) is 0 Å². The molecular weight excluding hydrogens is 255 g/mol.